The molecule has 0 bridgehead atoms. The zero-order chi connectivity index (χ0) is 17.6. The summed E-state index contributed by atoms with van der Waals surface area (Å²) in [6, 6.07) is 8.12. The van der Waals surface area contributed by atoms with Crippen LogP contribution in [0.2, 0.25) is 0 Å². The number of hydrogen-bond acceptors (Lipinski definition) is 4. The molecule has 140 valence electrons. The molecule has 0 spiro atoms. The molecular formula is C18H25IN6S. The number of rotatable bonds is 6. The van der Waals surface area contributed by atoms with E-state index >= 15 is 0 Å². The molecule has 3 N–H and O–H groups in total. The van der Waals surface area contributed by atoms with E-state index in [-0.39, 0.29) is 24.0 Å². The number of halogens is 1. The highest BCUT2D eigenvalue weighted by atomic mass is 127. The molecule has 0 radical (unpaired) electrons. The summed E-state index contributed by atoms with van der Waals surface area (Å²) in [5.74, 6) is 1.84. The number of nitrogens with zero attached hydrogens (tertiary/aromatic N) is 3. The Bertz CT molecular complexity index is 837. The van der Waals surface area contributed by atoms with Crippen LogP contribution in [0.1, 0.15) is 27.8 Å². The number of fused-ring (bicyclic) bond motifs is 1. The van der Waals surface area contributed by atoms with E-state index in [2.05, 4.69) is 36.6 Å². The van der Waals surface area contributed by atoms with Crippen molar-refractivity contribution >= 4 is 52.3 Å². The van der Waals surface area contributed by atoms with Gasteiger partial charge in [-0.05, 0) is 32.4 Å². The number of aliphatic imine (C=N–C) groups is 1. The normalized spacial score (nSPS) is 11.4. The van der Waals surface area contributed by atoms with Crippen molar-refractivity contribution in [2.75, 3.05) is 13.6 Å². The Morgan fingerprint density at radius 1 is 1.19 bits per heavy atom. The molecule has 26 heavy (non-hydrogen) atoms. The van der Waals surface area contributed by atoms with Crippen LogP contribution in [0.5, 0.6) is 0 Å². The van der Waals surface area contributed by atoms with E-state index in [1.54, 1.807) is 18.4 Å². The maximum Gasteiger partial charge on any atom is 0.191 e. The van der Waals surface area contributed by atoms with Crippen LogP contribution in [0.15, 0.2) is 29.3 Å². The van der Waals surface area contributed by atoms with Crippen molar-refractivity contribution < 1.29 is 0 Å². The number of thiazole rings is 1. The molecule has 0 unspecified atom stereocenters. The second-order valence-electron chi connectivity index (χ2n) is 5.90. The van der Waals surface area contributed by atoms with E-state index in [1.165, 1.54) is 4.88 Å². The van der Waals surface area contributed by atoms with E-state index in [9.17, 15) is 0 Å². The maximum atomic E-state index is 4.60. The molecule has 0 aliphatic carbocycles. The Labute approximate surface area is 175 Å². The Kier molecular flexibility index (Phi) is 7.83. The van der Waals surface area contributed by atoms with Crippen LogP contribution in [0.3, 0.4) is 0 Å². The lowest BCUT2D eigenvalue weighted by Crippen LogP contribution is -2.37. The van der Waals surface area contributed by atoms with Crippen LogP contribution in [-0.2, 0) is 13.0 Å². The van der Waals surface area contributed by atoms with Gasteiger partial charge in [-0.25, -0.2) is 9.97 Å². The molecule has 0 aliphatic heterocycles. The van der Waals surface area contributed by atoms with Crippen molar-refractivity contribution in [3.63, 3.8) is 0 Å². The minimum absolute atomic E-state index is 0. The second kappa shape index (κ2) is 9.86. The zero-order valence-corrected chi connectivity index (χ0v) is 18.4. The molecule has 6 nitrogen and oxygen atoms in total. The van der Waals surface area contributed by atoms with Crippen molar-refractivity contribution in [1.29, 1.82) is 0 Å². The molecule has 3 rings (SSSR count). The number of imidazole rings is 1. The van der Waals surface area contributed by atoms with Crippen LogP contribution in [0.4, 0.5) is 0 Å². The average Bonchev–Trinajstić information content (AvgIpc) is 3.16. The molecule has 0 atom stereocenters. The smallest absolute Gasteiger partial charge is 0.191 e. The first kappa shape index (κ1) is 20.6. The molecule has 2 heterocycles. The highest BCUT2D eigenvalue weighted by Crippen LogP contribution is 2.16. The van der Waals surface area contributed by atoms with E-state index in [1.807, 2.05) is 32.0 Å². The molecule has 0 fully saturated rings. The minimum Gasteiger partial charge on any atom is -0.356 e. The van der Waals surface area contributed by atoms with Crippen molar-refractivity contribution in [1.82, 2.24) is 25.6 Å². The minimum atomic E-state index is 0. The fraction of sp³-hybridized carbons (Fsp3) is 0.389. The van der Waals surface area contributed by atoms with Gasteiger partial charge in [0.1, 0.15) is 5.82 Å². The van der Waals surface area contributed by atoms with Gasteiger partial charge in [0, 0.05) is 24.9 Å². The zero-order valence-electron chi connectivity index (χ0n) is 15.3. The number of H-pyrrole nitrogens is 1. The summed E-state index contributed by atoms with van der Waals surface area (Å²) in [4.78, 5) is 17.9. The molecular weight excluding hydrogens is 459 g/mol. The van der Waals surface area contributed by atoms with Gasteiger partial charge in [-0.3, -0.25) is 4.99 Å². The van der Waals surface area contributed by atoms with Gasteiger partial charge in [0.05, 0.1) is 28.3 Å². The lowest BCUT2D eigenvalue weighted by Gasteiger charge is -2.11. The molecule has 0 saturated heterocycles. The SMILES string of the molecule is CN=C(NCCCc1nc2ccccc2[nH]1)NCc1sc(C)nc1C.I. The number of aromatic amines is 1. The third-order valence-electron chi connectivity index (χ3n) is 3.96. The number of benzene rings is 1. The third-order valence-corrected chi connectivity index (χ3v) is 5.03. The summed E-state index contributed by atoms with van der Waals surface area (Å²) in [5.41, 5.74) is 3.21. The summed E-state index contributed by atoms with van der Waals surface area (Å²) in [6.45, 7) is 5.67. The topological polar surface area (TPSA) is 78.0 Å². The van der Waals surface area contributed by atoms with Crippen molar-refractivity contribution in [2.45, 2.75) is 33.2 Å². The number of aryl methyl sites for hydroxylation is 3. The summed E-state index contributed by atoms with van der Waals surface area (Å²) in [7, 11) is 1.79. The molecule has 0 saturated carbocycles. The molecule has 1 aromatic carbocycles. The monoisotopic (exact) mass is 484 g/mol. The summed E-state index contributed by atoms with van der Waals surface area (Å²) in [6.07, 6.45) is 1.89. The molecule has 0 amide bonds. The number of aromatic nitrogens is 3. The largest absolute Gasteiger partial charge is 0.356 e. The van der Waals surface area contributed by atoms with E-state index in [4.69, 9.17) is 0 Å². The van der Waals surface area contributed by atoms with Crippen LogP contribution < -0.4 is 10.6 Å². The average molecular weight is 484 g/mol. The number of nitrogens with one attached hydrogen (secondary N) is 3. The van der Waals surface area contributed by atoms with Gasteiger partial charge in [-0.15, -0.1) is 35.3 Å². The second-order valence-corrected chi connectivity index (χ2v) is 7.19. The molecule has 8 heteroatoms. The third kappa shape index (κ3) is 5.41. The van der Waals surface area contributed by atoms with E-state index < -0.39 is 0 Å². The molecule has 0 aliphatic rings. The van der Waals surface area contributed by atoms with E-state index in [0.29, 0.717) is 0 Å². The van der Waals surface area contributed by atoms with Gasteiger partial charge >= 0.3 is 0 Å². The number of para-hydroxylation sites is 2. The van der Waals surface area contributed by atoms with Crippen LogP contribution in [0.25, 0.3) is 11.0 Å². The Hall–Kier alpha value is -1.68. The summed E-state index contributed by atoms with van der Waals surface area (Å²) in [5, 5.41) is 7.80. The molecule has 2 aromatic heterocycles. The quantitative estimate of drug-likeness (QED) is 0.217. The predicted molar refractivity (Wildman–Crippen MR) is 120 cm³/mol. The van der Waals surface area contributed by atoms with Crippen LogP contribution in [-0.4, -0.2) is 34.5 Å². The first-order chi connectivity index (χ1) is 12.2. The summed E-state index contributed by atoms with van der Waals surface area (Å²) < 4.78 is 0. The van der Waals surface area contributed by atoms with Crippen LogP contribution in [0, 0.1) is 13.8 Å². The number of guanidine groups is 1. The van der Waals surface area contributed by atoms with Gasteiger partial charge in [0.25, 0.3) is 0 Å². The van der Waals surface area contributed by atoms with Crippen LogP contribution >= 0.6 is 35.3 Å². The standard InChI is InChI=1S/C18H24N6S.HI/c1-12-16(25-13(2)22-12)11-21-18(19-3)20-10-6-9-17-23-14-7-4-5-8-15(14)24-17;/h4-5,7-8H,6,9-11H2,1-3H3,(H,23,24)(H2,19,20,21);1H. The van der Waals surface area contributed by atoms with Gasteiger partial charge in [0.15, 0.2) is 5.96 Å². The Morgan fingerprint density at radius 2 is 2.00 bits per heavy atom. The number of hydrogen-bond donors (Lipinski definition) is 3. The Morgan fingerprint density at radius 3 is 2.69 bits per heavy atom. The van der Waals surface area contributed by atoms with Gasteiger partial charge in [-0.2, -0.15) is 0 Å². The van der Waals surface area contributed by atoms with Crippen molar-refractivity contribution in [3.05, 3.63) is 45.7 Å². The first-order valence-corrected chi connectivity index (χ1v) is 9.28. The maximum absolute atomic E-state index is 4.60. The van der Waals surface area contributed by atoms with Gasteiger partial charge < -0.3 is 15.6 Å². The van der Waals surface area contributed by atoms with Crippen molar-refractivity contribution in [3.8, 4) is 0 Å². The lowest BCUT2D eigenvalue weighted by molar-refractivity contribution is 0.727. The first-order valence-electron chi connectivity index (χ1n) is 8.47. The van der Waals surface area contributed by atoms with E-state index in [0.717, 1.165) is 59.5 Å². The van der Waals surface area contributed by atoms with Gasteiger partial charge in [-0.1, -0.05) is 12.1 Å². The summed E-state index contributed by atoms with van der Waals surface area (Å²) >= 11 is 1.73. The van der Waals surface area contributed by atoms with Crippen molar-refractivity contribution in [2.24, 2.45) is 4.99 Å². The highest BCUT2D eigenvalue weighted by Gasteiger charge is 2.06. The lowest BCUT2D eigenvalue weighted by atomic mass is 10.3. The predicted octanol–water partition coefficient (Wildman–Crippen LogP) is 3.55. The fourth-order valence-corrected chi connectivity index (χ4v) is 3.59. The fourth-order valence-electron chi connectivity index (χ4n) is 2.71. The Balaban J connectivity index is 0.00000243. The highest BCUT2D eigenvalue weighted by molar-refractivity contribution is 14.0. The molecule has 3 aromatic rings. The van der Waals surface area contributed by atoms with Gasteiger partial charge in [0.2, 0.25) is 0 Å².